The highest BCUT2D eigenvalue weighted by Crippen LogP contribution is 2.32. The number of amides is 1. The quantitative estimate of drug-likeness (QED) is 0.531. The molecule has 1 N–H and O–H groups in total. The SMILES string of the molecule is Cc1cccc(-n2c(/C=C3/C(=O)Nc4ccccc43)nc3ccccc3c2=O)c1. The van der Waals surface area contributed by atoms with Crippen molar-refractivity contribution in [1.82, 2.24) is 9.55 Å². The first-order chi connectivity index (χ1) is 14.1. The fourth-order valence-electron chi connectivity index (χ4n) is 3.67. The third-order valence-corrected chi connectivity index (χ3v) is 5.05. The van der Waals surface area contributed by atoms with Crippen molar-refractivity contribution in [3.8, 4) is 5.69 Å². The summed E-state index contributed by atoms with van der Waals surface area (Å²) in [4.78, 5) is 30.7. The van der Waals surface area contributed by atoms with Crippen molar-refractivity contribution in [3.63, 3.8) is 0 Å². The fraction of sp³-hybridized carbons (Fsp3) is 0.0417. The molecule has 5 rings (SSSR count). The molecule has 0 saturated carbocycles. The van der Waals surface area contributed by atoms with E-state index in [1.807, 2.05) is 73.7 Å². The van der Waals surface area contributed by atoms with Crippen molar-refractivity contribution in [1.29, 1.82) is 0 Å². The predicted molar refractivity (Wildman–Crippen MR) is 115 cm³/mol. The van der Waals surface area contributed by atoms with Gasteiger partial charge in [-0.3, -0.25) is 14.2 Å². The number of nitrogens with one attached hydrogen (secondary N) is 1. The van der Waals surface area contributed by atoms with Gasteiger partial charge in [0.1, 0.15) is 5.82 Å². The monoisotopic (exact) mass is 379 g/mol. The molecule has 0 fully saturated rings. The van der Waals surface area contributed by atoms with Crippen LogP contribution < -0.4 is 10.9 Å². The minimum atomic E-state index is -0.204. The highest BCUT2D eigenvalue weighted by atomic mass is 16.2. The first-order valence-corrected chi connectivity index (χ1v) is 9.33. The Morgan fingerprint density at radius 1 is 0.931 bits per heavy atom. The summed E-state index contributed by atoms with van der Waals surface area (Å²) in [7, 11) is 0. The maximum atomic E-state index is 13.4. The second kappa shape index (κ2) is 6.56. The summed E-state index contributed by atoms with van der Waals surface area (Å²) >= 11 is 0. The Morgan fingerprint density at radius 2 is 1.72 bits per heavy atom. The molecule has 5 heteroatoms. The second-order valence-corrected chi connectivity index (χ2v) is 7.02. The Kier molecular flexibility index (Phi) is 3.88. The normalized spacial score (nSPS) is 14.2. The molecule has 1 aliphatic rings. The number of hydrogen-bond donors (Lipinski definition) is 1. The minimum Gasteiger partial charge on any atom is -0.321 e. The first kappa shape index (κ1) is 17.1. The number of para-hydroxylation sites is 2. The van der Waals surface area contributed by atoms with Gasteiger partial charge in [0, 0.05) is 11.3 Å². The van der Waals surface area contributed by atoms with E-state index in [9.17, 15) is 9.59 Å². The van der Waals surface area contributed by atoms with Gasteiger partial charge in [0.15, 0.2) is 0 Å². The van der Waals surface area contributed by atoms with Crippen molar-refractivity contribution in [3.05, 3.63) is 100 Å². The van der Waals surface area contributed by atoms with E-state index in [1.54, 1.807) is 16.7 Å². The lowest BCUT2D eigenvalue weighted by Gasteiger charge is -2.12. The van der Waals surface area contributed by atoms with Crippen LogP contribution in [0.3, 0.4) is 0 Å². The summed E-state index contributed by atoms with van der Waals surface area (Å²) in [5.41, 5.74) is 4.23. The minimum absolute atomic E-state index is 0.167. The summed E-state index contributed by atoms with van der Waals surface area (Å²) in [6.45, 7) is 1.97. The summed E-state index contributed by atoms with van der Waals surface area (Å²) in [5, 5.41) is 3.40. The number of hydrogen-bond acceptors (Lipinski definition) is 3. The van der Waals surface area contributed by atoms with E-state index in [-0.39, 0.29) is 11.5 Å². The van der Waals surface area contributed by atoms with Crippen LogP contribution in [-0.2, 0) is 4.79 Å². The van der Waals surface area contributed by atoms with E-state index in [0.717, 1.165) is 16.8 Å². The lowest BCUT2D eigenvalue weighted by Crippen LogP contribution is -2.22. The topological polar surface area (TPSA) is 64.0 Å². The van der Waals surface area contributed by atoms with E-state index in [0.29, 0.717) is 28.0 Å². The molecule has 0 saturated heterocycles. The van der Waals surface area contributed by atoms with E-state index in [4.69, 9.17) is 4.98 Å². The number of benzene rings is 3. The smallest absolute Gasteiger partial charge is 0.266 e. The summed E-state index contributed by atoms with van der Waals surface area (Å²) in [6.07, 6.45) is 1.69. The number of rotatable bonds is 2. The van der Waals surface area contributed by atoms with Gasteiger partial charge in [-0.1, -0.05) is 42.5 Å². The van der Waals surface area contributed by atoms with Gasteiger partial charge in [0.05, 0.1) is 22.2 Å². The molecule has 4 aromatic rings. The number of carbonyl (C=O) groups excluding carboxylic acids is 1. The van der Waals surface area contributed by atoms with Crippen molar-refractivity contribution in [2.75, 3.05) is 5.32 Å². The zero-order valence-electron chi connectivity index (χ0n) is 15.7. The Morgan fingerprint density at radius 3 is 2.59 bits per heavy atom. The molecule has 1 aliphatic heterocycles. The van der Waals surface area contributed by atoms with Crippen LogP contribution in [0.2, 0.25) is 0 Å². The lowest BCUT2D eigenvalue weighted by molar-refractivity contribution is -0.110. The van der Waals surface area contributed by atoms with Crippen molar-refractivity contribution < 1.29 is 4.79 Å². The molecule has 0 aliphatic carbocycles. The maximum Gasteiger partial charge on any atom is 0.266 e. The zero-order chi connectivity index (χ0) is 20.0. The van der Waals surface area contributed by atoms with Gasteiger partial charge in [-0.15, -0.1) is 0 Å². The molecular weight excluding hydrogens is 362 g/mol. The Labute approximate surface area is 167 Å². The van der Waals surface area contributed by atoms with E-state index in [2.05, 4.69) is 5.32 Å². The van der Waals surface area contributed by atoms with Crippen LogP contribution in [0.25, 0.3) is 28.2 Å². The molecule has 3 aromatic carbocycles. The van der Waals surface area contributed by atoms with Crippen LogP contribution in [0.5, 0.6) is 0 Å². The average Bonchev–Trinajstić information content (AvgIpc) is 3.03. The van der Waals surface area contributed by atoms with Gasteiger partial charge in [0.25, 0.3) is 11.5 Å². The Balaban J connectivity index is 1.83. The average molecular weight is 379 g/mol. The van der Waals surface area contributed by atoms with E-state index < -0.39 is 0 Å². The van der Waals surface area contributed by atoms with Crippen LogP contribution in [0.4, 0.5) is 5.69 Å². The van der Waals surface area contributed by atoms with Gasteiger partial charge < -0.3 is 5.32 Å². The number of carbonyl (C=O) groups is 1. The molecule has 1 amide bonds. The van der Waals surface area contributed by atoms with Crippen LogP contribution in [0.15, 0.2) is 77.6 Å². The lowest BCUT2D eigenvalue weighted by atomic mass is 10.1. The molecule has 5 nitrogen and oxygen atoms in total. The molecule has 1 aromatic heterocycles. The molecule has 0 spiro atoms. The van der Waals surface area contributed by atoms with Gasteiger partial charge in [-0.05, 0) is 48.9 Å². The second-order valence-electron chi connectivity index (χ2n) is 7.02. The zero-order valence-corrected chi connectivity index (χ0v) is 15.7. The molecule has 140 valence electrons. The van der Waals surface area contributed by atoms with Crippen molar-refractivity contribution in [2.24, 2.45) is 0 Å². The molecule has 0 unspecified atom stereocenters. The number of nitrogens with zero attached hydrogens (tertiary/aromatic N) is 2. The highest BCUT2D eigenvalue weighted by molar-refractivity contribution is 6.34. The molecule has 0 atom stereocenters. The molecule has 0 bridgehead atoms. The summed E-state index contributed by atoms with van der Waals surface area (Å²) < 4.78 is 1.57. The summed E-state index contributed by atoms with van der Waals surface area (Å²) in [5.74, 6) is 0.213. The van der Waals surface area contributed by atoms with Gasteiger partial charge in [-0.25, -0.2) is 4.98 Å². The van der Waals surface area contributed by atoms with E-state index >= 15 is 0 Å². The van der Waals surface area contributed by atoms with Crippen LogP contribution in [-0.4, -0.2) is 15.5 Å². The van der Waals surface area contributed by atoms with Crippen LogP contribution in [0.1, 0.15) is 17.0 Å². The molecular formula is C24H17N3O2. The Hall–Kier alpha value is -3.99. The standard InChI is InChI=1S/C24H17N3O2/c1-15-7-6-8-16(13-15)27-22(25-21-12-5-3-10-18(21)24(27)29)14-19-17-9-2-4-11-20(17)26-23(19)28/h2-14H,1H3,(H,26,28)/b19-14+. The third kappa shape index (κ3) is 2.84. The van der Waals surface area contributed by atoms with E-state index in [1.165, 1.54) is 0 Å². The van der Waals surface area contributed by atoms with Crippen LogP contribution >= 0.6 is 0 Å². The fourth-order valence-corrected chi connectivity index (χ4v) is 3.67. The maximum absolute atomic E-state index is 13.4. The Bertz CT molecular complexity index is 1380. The highest BCUT2D eigenvalue weighted by Gasteiger charge is 2.24. The van der Waals surface area contributed by atoms with Gasteiger partial charge in [0.2, 0.25) is 0 Å². The largest absolute Gasteiger partial charge is 0.321 e. The number of aryl methyl sites for hydroxylation is 1. The number of fused-ring (bicyclic) bond motifs is 2. The molecule has 29 heavy (non-hydrogen) atoms. The van der Waals surface area contributed by atoms with Gasteiger partial charge >= 0.3 is 0 Å². The predicted octanol–water partition coefficient (Wildman–Crippen LogP) is 4.19. The number of aromatic nitrogens is 2. The molecule has 0 radical (unpaired) electrons. The van der Waals surface area contributed by atoms with Crippen LogP contribution in [0, 0.1) is 6.92 Å². The van der Waals surface area contributed by atoms with Gasteiger partial charge in [-0.2, -0.15) is 0 Å². The molecule has 2 heterocycles. The van der Waals surface area contributed by atoms with Crippen molar-refractivity contribution in [2.45, 2.75) is 6.92 Å². The first-order valence-electron chi connectivity index (χ1n) is 9.33. The van der Waals surface area contributed by atoms with Crippen molar-refractivity contribution >= 4 is 34.1 Å². The summed E-state index contributed by atoms with van der Waals surface area (Å²) in [6, 6.07) is 22.4. The third-order valence-electron chi connectivity index (χ3n) is 5.05. The number of anilines is 1.